The molecule has 188 valence electrons. The maximum absolute atomic E-state index is 12.8. The van der Waals surface area contributed by atoms with Crippen LogP contribution in [0.1, 0.15) is 20.7 Å². The van der Waals surface area contributed by atoms with Gasteiger partial charge in [0.2, 0.25) is 6.29 Å². The van der Waals surface area contributed by atoms with E-state index < -0.39 is 49.3 Å². The van der Waals surface area contributed by atoms with Crippen molar-refractivity contribution in [2.75, 3.05) is 13.7 Å². The lowest BCUT2D eigenvalue weighted by Gasteiger charge is -2.42. The zero-order valence-electron chi connectivity index (χ0n) is 19.4. The summed E-state index contributed by atoms with van der Waals surface area (Å²) in [5.41, 5.74) is 0.492. The number of carbonyl (C=O) groups is 2. The Hall–Kier alpha value is -3.92. The topological polar surface area (TPSA) is 121 Å². The standard InChI is InChI=1S/C27H26O9/c1-32-19-12-14-20(15-13-19)33-27-24(36-26(31)18-10-6-3-7-11-18)22(29)23(21(16-28)34-27)35-25(30)17-8-4-2-5-9-17/h2-15,21-24,27-29H,16H2,1H3/t21-,22+,23-,24-,27-/m1/s1. The minimum Gasteiger partial charge on any atom is -0.497 e. The van der Waals surface area contributed by atoms with Crippen LogP contribution in [0.15, 0.2) is 84.9 Å². The van der Waals surface area contributed by atoms with Crippen molar-refractivity contribution in [3.8, 4) is 11.5 Å². The van der Waals surface area contributed by atoms with Gasteiger partial charge in [0.15, 0.2) is 12.2 Å². The van der Waals surface area contributed by atoms with Crippen LogP contribution in [0.3, 0.4) is 0 Å². The van der Waals surface area contributed by atoms with E-state index in [1.807, 2.05) is 0 Å². The van der Waals surface area contributed by atoms with Crippen LogP contribution in [-0.4, -0.2) is 66.6 Å². The lowest BCUT2D eigenvalue weighted by atomic mass is 9.98. The Labute approximate surface area is 207 Å². The molecule has 0 bridgehead atoms. The van der Waals surface area contributed by atoms with Gasteiger partial charge in [0.05, 0.1) is 24.8 Å². The van der Waals surface area contributed by atoms with E-state index in [0.29, 0.717) is 11.5 Å². The molecular formula is C27H26O9. The summed E-state index contributed by atoms with van der Waals surface area (Å²) in [5.74, 6) is -0.531. The molecule has 1 heterocycles. The largest absolute Gasteiger partial charge is 0.497 e. The molecule has 0 aliphatic carbocycles. The first-order chi connectivity index (χ1) is 17.5. The van der Waals surface area contributed by atoms with Crippen LogP contribution in [0, 0.1) is 0 Å². The second kappa shape index (κ2) is 11.7. The average Bonchev–Trinajstić information content (AvgIpc) is 2.93. The molecule has 0 unspecified atom stereocenters. The fourth-order valence-electron chi connectivity index (χ4n) is 3.73. The van der Waals surface area contributed by atoms with Gasteiger partial charge in [0, 0.05) is 0 Å². The second-order valence-corrected chi connectivity index (χ2v) is 7.98. The number of rotatable bonds is 8. The van der Waals surface area contributed by atoms with Crippen molar-refractivity contribution in [1.29, 1.82) is 0 Å². The smallest absolute Gasteiger partial charge is 0.338 e. The van der Waals surface area contributed by atoms with Crippen molar-refractivity contribution in [3.05, 3.63) is 96.1 Å². The van der Waals surface area contributed by atoms with Crippen molar-refractivity contribution in [1.82, 2.24) is 0 Å². The molecule has 1 aliphatic rings. The second-order valence-electron chi connectivity index (χ2n) is 7.98. The molecule has 3 aromatic rings. The van der Waals surface area contributed by atoms with Gasteiger partial charge in [0.25, 0.3) is 0 Å². The lowest BCUT2D eigenvalue weighted by molar-refractivity contribution is -0.276. The minimum absolute atomic E-state index is 0.245. The number of benzene rings is 3. The number of hydrogen-bond donors (Lipinski definition) is 2. The molecule has 2 N–H and O–H groups in total. The third kappa shape index (κ3) is 5.83. The van der Waals surface area contributed by atoms with E-state index in [4.69, 9.17) is 23.7 Å². The van der Waals surface area contributed by atoms with Gasteiger partial charge in [-0.25, -0.2) is 9.59 Å². The highest BCUT2D eigenvalue weighted by molar-refractivity contribution is 5.90. The molecule has 9 heteroatoms. The monoisotopic (exact) mass is 494 g/mol. The molecule has 0 aromatic heterocycles. The fourth-order valence-corrected chi connectivity index (χ4v) is 3.73. The van der Waals surface area contributed by atoms with E-state index in [-0.39, 0.29) is 11.1 Å². The Morgan fingerprint density at radius 3 is 1.78 bits per heavy atom. The Morgan fingerprint density at radius 2 is 1.28 bits per heavy atom. The van der Waals surface area contributed by atoms with E-state index in [9.17, 15) is 19.8 Å². The lowest BCUT2D eigenvalue weighted by Crippen LogP contribution is -2.62. The van der Waals surface area contributed by atoms with E-state index in [1.165, 1.54) is 7.11 Å². The summed E-state index contributed by atoms with van der Waals surface area (Å²) < 4.78 is 28.0. The first-order valence-electron chi connectivity index (χ1n) is 11.3. The maximum Gasteiger partial charge on any atom is 0.338 e. The van der Waals surface area contributed by atoms with Gasteiger partial charge in [0.1, 0.15) is 23.7 Å². The normalized spacial score (nSPS) is 23.4. The molecule has 3 aromatic carbocycles. The number of esters is 2. The van der Waals surface area contributed by atoms with Crippen molar-refractivity contribution < 1.29 is 43.5 Å². The molecule has 1 aliphatic heterocycles. The summed E-state index contributed by atoms with van der Waals surface area (Å²) in [7, 11) is 1.53. The quantitative estimate of drug-likeness (QED) is 0.455. The number of methoxy groups -OCH3 is 1. The summed E-state index contributed by atoms with van der Waals surface area (Å²) in [5, 5.41) is 21.2. The zero-order valence-corrected chi connectivity index (χ0v) is 19.4. The van der Waals surface area contributed by atoms with Gasteiger partial charge in [-0.2, -0.15) is 0 Å². The number of hydrogen-bond acceptors (Lipinski definition) is 9. The van der Waals surface area contributed by atoms with Crippen LogP contribution in [-0.2, 0) is 14.2 Å². The van der Waals surface area contributed by atoms with Gasteiger partial charge < -0.3 is 33.9 Å². The van der Waals surface area contributed by atoms with E-state index in [1.54, 1.807) is 84.9 Å². The van der Waals surface area contributed by atoms with Gasteiger partial charge >= 0.3 is 11.9 Å². The third-order valence-electron chi connectivity index (χ3n) is 5.61. The fraction of sp³-hybridized carbons (Fsp3) is 0.259. The minimum atomic E-state index is -1.57. The Morgan fingerprint density at radius 1 is 0.778 bits per heavy atom. The molecule has 4 rings (SSSR count). The van der Waals surface area contributed by atoms with Crippen LogP contribution in [0.5, 0.6) is 11.5 Å². The molecule has 1 saturated heterocycles. The Bertz CT molecular complexity index is 1130. The summed E-state index contributed by atoms with van der Waals surface area (Å²) >= 11 is 0. The third-order valence-corrected chi connectivity index (χ3v) is 5.61. The van der Waals surface area contributed by atoms with Gasteiger partial charge in [-0.3, -0.25) is 0 Å². The van der Waals surface area contributed by atoms with Crippen molar-refractivity contribution in [3.63, 3.8) is 0 Å². The molecular weight excluding hydrogens is 468 g/mol. The molecule has 1 fully saturated rings. The molecule has 0 amide bonds. The molecule has 36 heavy (non-hydrogen) atoms. The zero-order chi connectivity index (χ0) is 25.5. The highest BCUT2D eigenvalue weighted by Crippen LogP contribution is 2.30. The van der Waals surface area contributed by atoms with Crippen LogP contribution in [0.2, 0.25) is 0 Å². The first kappa shape index (κ1) is 25.2. The molecule has 5 atom stereocenters. The molecule has 0 spiro atoms. The van der Waals surface area contributed by atoms with E-state index >= 15 is 0 Å². The molecule has 0 saturated carbocycles. The summed E-state index contributed by atoms with van der Waals surface area (Å²) in [6.45, 7) is -0.592. The highest BCUT2D eigenvalue weighted by Gasteiger charge is 2.50. The van der Waals surface area contributed by atoms with Crippen molar-refractivity contribution in [2.24, 2.45) is 0 Å². The number of ether oxygens (including phenoxy) is 5. The van der Waals surface area contributed by atoms with Crippen LogP contribution in [0.25, 0.3) is 0 Å². The van der Waals surface area contributed by atoms with Crippen LogP contribution in [0.4, 0.5) is 0 Å². The summed E-state index contributed by atoms with van der Waals surface area (Å²) in [6.07, 6.45) is -6.77. The summed E-state index contributed by atoms with van der Waals surface area (Å²) in [6, 6.07) is 22.9. The predicted molar refractivity (Wildman–Crippen MR) is 127 cm³/mol. The van der Waals surface area contributed by atoms with Gasteiger partial charge in [-0.05, 0) is 48.5 Å². The molecule has 9 nitrogen and oxygen atoms in total. The summed E-state index contributed by atoms with van der Waals surface area (Å²) in [4.78, 5) is 25.5. The first-order valence-corrected chi connectivity index (χ1v) is 11.3. The van der Waals surface area contributed by atoms with E-state index in [0.717, 1.165) is 0 Å². The van der Waals surface area contributed by atoms with Gasteiger partial charge in [-0.15, -0.1) is 0 Å². The van der Waals surface area contributed by atoms with E-state index in [2.05, 4.69) is 0 Å². The Kier molecular flexibility index (Phi) is 8.17. The number of aliphatic hydroxyl groups is 2. The van der Waals surface area contributed by atoms with Crippen LogP contribution < -0.4 is 9.47 Å². The van der Waals surface area contributed by atoms with Crippen LogP contribution >= 0.6 is 0 Å². The number of aliphatic hydroxyl groups excluding tert-OH is 2. The van der Waals surface area contributed by atoms with Crippen molar-refractivity contribution >= 4 is 11.9 Å². The molecule has 0 radical (unpaired) electrons. The number of carbonyl (C=O) groups excluding carboxylic acids is 2. The Balaban J connectivity index is 1.59. The van der Waals surface area contributed by atoms with Gasteiger partial charge in [-0.1, -0.05) is 36.4 Å². The predicted octanol–water partition coefficient (Wildman–Crippen LogP) is 2.60. The average molecular weight is 494 g/mol. The maximum atomic E-state index is 12.8. The SMILES string of the molecule is COc1ccc(O[C@@H]2O[C@H](CO)[C@@H](OC(=O)c3ccccc3)[C@H](O)[C@H]2OC(=O)c2ccccc2)cc1. The highest BCUT2D eigenvalue weighted by atomic mass is 16.7. The van der Waals surface area contributed by atoms with Crippen molar-refractivity contribution in [2.45, 2.75) is 30.7 Å².